The third kappa shape index (κ3) is 4.48. The van der Waals surface area contributed by atoms with Gasteiger partial charge in [0, 0.05) is 29.8 Å². The van der Waals surface area contributed by atoms with Crippen molar-refractivity contribution in [3.05, 3.63) is 59.2 Å². The zero-order valence-corrected chi connectivity index (χ0v) is 18.9. The molecule has 0 spiro atoms. The van der Waals surface area contributed by atoms with E-state index in [1.165, 1.54) is 5.56 Å². The summed E-state index contributed by atoms with van der Waals surface area (Å²) in [5.41, 5.74) is 3.50. The molecule has 2 aromatic carbocycles. The third-order valence-electron chi connectivity index (χ3n) is 7.13. The van der Waals surface area contributed by atoms with E-state index in [1.807, 2.05) is 37.3 Å². The second-order valence-electron chi connectivity index (χ2n) is 9.23. The first kappa shape index (κ1) is 21.8. The summed E-state index contributed by atoms with van der Waals surface area (Å²) in [6.07, 6.45) is 4.69. The van der Waals surface area contributed by atoms with Gasteiger partial charge in [-0.1, -0.05) is 48.7 Å². The minimum absolute atomic E-state index is 0.0203. The number of benzene rings is 2. The van der Waals surface area contributed by atoms with Gasteiger partial charge in [0.25, 0.3) is 0 Å². The molecule has 1 aliphatic carbocycles. The number of aryl methyl sites for hydroxylation is 2. The van der Waals surface area contributed by atoms with Gasteiger partial charge in [-0.05, 0) is 50.8 Å². The number of carbonyl (C=O) groups excluding carboxylic acids is 1. The van der Waals surface area contributed by atoms with Gasteiger partial charge in [-0.3, -0.25) is 9.69 Å². The normalized spacial score (nSPS) is 26.2. The second kappa shape index (κ2) is 9.01. The van der Waals surface area contributed by atoms with Crippen molar-refractivity contribution < 1.29 is 14.6 Å². The number of ether oxygens (including phenoxy) is 1. The fraction of sp³-hybridized carbons (Fsp3) is 0.500. The summed E-state index contributed by atoms with van der Waals surface area (Å²) in [6.45, 7) is 5.05. The standard InChI is InChI=1S/C26H34N2O3/c1-18-11-12-22(19(2)16-18)27-24(29)17-28-15-14-26(30)13-7-6-9-21(26)25(28)20-8-4-5-10-23(20)31-3/h4-5,8,10-12,16,21,25,30H,6-7,9,13-15,17H2,1-3H3,(H,27,29)/t21-,25+,26-/m0/s1. The van der Waals surface area contributed by atoms with Crippen molar-refractivity contribution in [1.29, 1.82) is 0 Å². The van der Waals surface area contributed by atoms with Gasteiger partial charge >= 0.3 is 0 Å². The molecule has 4 rings (SSSR count). The number of hydrogen-bond donors (Lipinski definition) is 2. The van der Waals surface area contributed by atoms with E-state index in [2.05, 4.69) is 29.3 Å². The summed E-state index contributed by atoms with van der Waals surface area (Å²) >= 11 is 0. The predicted octanol–water partition coefficient (Wildman–Crippen LogP) is 4.62. The predicted molar refractivity (Wildman–Crippen MR) is 123 cm³/mol. The lowest BCUT2D eigenvalue weighted by atomic mass is 9.66. The molecule has 1 saturated carbocycles. The van der Waals surface area contributed by atoms with Crippen LogP contribution in [0.3, 0.4) is 0 Å². The largest absolute Gasteiger partial charge is 0.496 e. The van der Waals surface area contributed by atoms with E-state index in [-0.39, 0.29) is 17.9 Å². The van der Waals surface area contributed by atoms with E-state index in [0.717, 1.165) is 48.2 Å². The Balaban J connectivity index is 1.61. The molecule has 1 saturated heterocycles. The van der Waals surface area contributed by atoms with Crippen molar-refractivity contribution in [3.8, 4) is 5.75 Å². The second-order valence-corrected chi connectivity index (χ2v) is 9.23. The van der Waals surface area contributed by atoms with Gasteiger partial charge in [0.05, 0.1) is 19.3 Å². The van der Waals surface area contributed by atoms with Gasteiger partial charge in [0.15, 0.2) is 0 Å². The van der Waals surface area contributed by atoms with E-state index in [1.54, 1.807) is 7.11 Å². The van der Waals surface area contributed by atoms with Crippen LogP contribution in [0.5, 0.6) is 5.75 Å². The number of carbonyl (C=O) groups is 1. The fourth-order valence-electron chi connectivity index (χ4n) is 5.57. The number of methoxy groups -OCH3 is 1. The Bertz CT molecular complexity index is 944. The number of amides is 1. The Labute approximate surface area is 185 Å². The monoisotopic (exact) mass is 422 g/mol. The van der Waals surface area contributed by atoms with Crippen LogP contribution in [0.2, 0.25) is 0 Å². The molecule has 5 heteroatoms. The maximum atomic E-state index is 13.0. The molecule has 0 radical (unpaired) electrons. The van der Waals surface area contributed by atoms with Crippen LogP contribution in [0.4, 0.5) is 5.69 Å². The van der Waals surface area contributed by atoms with E-state index in [0.29, 0.717) is 19.5 Å². The van der Waals surface area contributed by atoms with E-state index < -0.39 is 5.60 Å². The van der Waals surface area contributed by atoms with Gasteiger partial charge in [-0.25, -0.2) is 0 Å². The lowest BCUT2D eigenvalue weighted by Crippen LogP contribution is -2.56. The Morgan fingerprint density at radius 3 is 2.77 bits per heavy atom. The topological polar surface area (TPSA) is 61.8 Å². The highest BCUT2D eigenvalue weighted by atomic mass is 16.5. The molecule has 5 nitrogen and oxygen atoms in total. The van der Waals surface area contributed by atoms with Crippen molar-refractivity contribution in [2.75, 3.05) is 25.5 Å². The SMILES string of the molecule is COc1ccccc1[C@@H]1[C@@H]2CCCC[C@]2(O)CCN1CC(=O)Nc1ccc(C)cc1C. The molecule has 0 bridgehead atoms. The summed E-state index contributed by atoms with van der Waals surface area (Å²) < 4.78 is 5.68. The highest BCUT2D eigenvalue weighted by Gasteiger charge is 2.49. The molecule has 166 valence electrons. The number of hydrogen-bond acceptors (Lipinski definition) is 4. The lowest BCUT2D eigenvalue weighted by Gasteiger charge is -2.52. The molecule has 1 heterocycles. The Hall–Kier alpha value is -2.37. The van der Waals surface area contributed by atoms with Crippen molar-refractivity contribution >= 4 is 11.6 Å². The minimum Gasteiger partial charge on any atom is -0.496 e. The average Bonchev–Trinajstić information content (AvgIpc) is 2.75. The Morgan fingerprint density at radius 1 is 1.19 bits per heavy atom. The number of piperidine rings is 1. The maximum Gasteiger partial charge on any atom is 0.238 e. The molecule has 1 amide bonds. The molecule has 1 aliphatic heterocycles. The summed E-state index contributed by atoms with van der Waals surface area (Å²) in [6, 6.07) is 14.1. The summed E-state index contributed by atoms with van der Waals surface area (Å²) in [4.78, 5) is 15.3. The number of rotatable bonds is 5. The van der Waals surface area contributed by atoms with Crippen LogP contribution >= 0.6 is 0 Å². The first-order valence-electron chi connectivity index (χ1n) is 11.4. The van der Waals surface area contributed by atoms with E-state index >= 15 is 0 Å². The molecule has 31 heavy (non-hydrogen) atoms. The van der Waals surface area contributed by atoms with Gasteiger partial charge in [-0.2, -0.15) is 0 Å². The number of para-hydroxylation sites is 1. The zero-order chi connectivity index (χ0) is 22.0. The van der Waals surface area contributed by atoms with Crippen LogP contribution in [-0.4, -0.2) is 41.7 Å². The van der Waals surface area contributed by atoms with Crippen LogP contribution in [0.25, 0.3) is 0 Å². The number of nitrogens with one attached hydrogen (secondary N) is 1. The number of anilines is 1. The van der Waals surface area contributed by atoms with Crippen LogP contribution in [0.1, 0.15) is 54.8 Å². The smallest absolute Gasteiger partial charge is 0.238 e. The minimum atomic E-state index is -0.662. The molecule has 3 atom stereocenters. The van der Waals surface area contributed by atoms with E-state index in [9.17, 15) is 9.90 Å². The fourth-order valence-corrected chi connectivity index (χ4v) is 5.57. The maximum absolute atomic E-state index is 13.0. The molecule has 2 aromatic rings. The molecular weight excluding hydrogens is 388 g/mol. The molecule has 0 unspecified atom stereocenters. The van der Waals surface area contributed by atoms with Crippen molar-refractivity contribution in [2.45, 2.75) is 57.6 Å². The van der Waals surface area contributed by atoms with Crippen molar-refractivity contribution in [2.24, 2.45) is 5.92 Å². The summed E-state index contributed by atoms with van der Waals surface area (Å²) in [5.74, 6) is 0.899. The summed E-state index contributed by atoms with van der Waals surface area (Å²) in [7, 11) is 1.69. The van der Waals surface area contributed by atoms with Gasteiger partial charge < -0.3 is 15.2 Å². The van der Waals surface area contributed by atoms with Crippen LogP contribution in [-0.2, 0) is 4.79 Å². The van der Waals surface area contributed by atoms with Crippen molar-refractivity contribution in [3.63, 3.8) is 0 Å². The van der Waals surface area contributed by atoms with Crippen molar-refractivity contribution in [1.82, 2.24) is 4.90 Å². The van der Waals surface area contributed by atoms with Gasteiger partial charge in [-0.15, -0.1) is 0 Å². The molecule has 2 fully saturated rings. The van der Waals surface area contributed by atoms with Crippen LogP contribution < -0.4 is 10.1 Å². The third-order valence-corrected chi connectivity index (χ3v) is 7.13. The number of fused-ring (bicyclic) bond motifs is 1. The zero-order valence-electron chi connectivity index (χ0n) is 18.9. The quantitative estimate of drug-likeness (QED) is 0.738. The highest BCUT2D eigenvalue weighted by molar-refractivity contribution is 5.93. The number of nitrogens with zero attached hydrogens (tertiary/aromatic N) is 1. The molecule has 2 aliphatic rings. The molecular formula is C26H34N2O3. The van der Waals surface area contributed by atoms with Crippen LogP contribution in [0, 0.1) is 19.8 Å². The number of aliphatic hydroxyl groups is 1. The first-order valence-corrected chi connectivity index (χ1v) is 11.4. The molecule has 2 N–H and O–H groups in total. The Morgan fingerprint density at radius 2 is 2.00 bits per heavy atom. The van der Waals surface area contributed by atoms with E-state index in [4.69, 9.17) is 4.74 Å². The van der Waals surface area contributed by atoms with Crippen LogP contribution in [0.15, 0.2) is 42.5 Å². The molecule has 0 aromatic heterocycles. The lowest BCUT2D eigenvalue weighted by molar-refractivity contribution is -0.135. The average molecular weight is 423 g/mol. The van der Waals surface area contributed by atoms with Gasteiger partial charge in [0.2, 0.25) is 5.91 Å². The van der Waals surface area contributed by atoms with Gasteiger partial charge in [0.1, 0.15) is 5.75 Å². The Kier molecular flexibility index (Phi) is 6.35. The first-order chi connectivity index (χ1) is 14.9. The number of likely N-dealkylation sites (tertiary alicyclic amines) is 1. The summed E-state index contributed by atoms with van der Waals surface area (Å²) in [5, 5.41) is 14.6. The highest BCUT2D eigenvalue weighted by Crippen LogP contribution is 2.50.